The van der Waals surface area contributed by atoms with Gasteiger partial charge < -0.3 is 4.74 Å². The molecule has 0 N–H and O–H groups in total. The summed E-state index contributed by atoms with van der Waals surface area (Å²) in [6.07, 6.45) is 4.87. The topological polar surface area (TPSA) is 9.23 Å². The van der Waals surface area contributed by atoms with E-state index in [-0.39, 0.29) is 16.9 Å². The van der Waals surface area contributed by atoms with Crippen molar-refractivity contribution in [2.75, 3.05) is 6.61 Å². The molecule has 0 heterocycles. The van der Waals surface area contributed by atoms with Gasteiger partial charge in [-0.1, -0.05) is 69.5 Å². The summed E-state index contributed by atoms with van der Waals surface area (Å²) in [6.45, 7) is 4.50. The Morgan fingerprint density at radius 1 is 0.700 bits per heavy atom. The van der Waals surface area contributed by atoms with Crippen LogP contribution in [0.25, 0.3) is 22.3 Å². The van der Waals surface area contributed by atoms with E-state index in [1.54, 1.807) is 12.1 Å². The fourth-order valence-electron chi connectivity index (χ4n) is 3.41. The number of hydrogen-bond acceptors (Lipinski definition) is 1. The fourth-order valence-corrected chi connectivity index (χ4v) is 3.41. The third-order valence-electron chi connectivity index (χ3n) is 5.26. The third-order valence-corrected chi connectivity index (χ3v) is 5.26. The van der Waals surface area contributed by atoms with Crippen LogP contribution in [0.3, 0.4) is 0 Å². The molecule has 0 unspecified atom stereocenters. The molecule has 0 atom stereocenters. The summed E-state index contributed by atoms with van der Waals surface area (Å²) in [5, 5.41) is 0. The van der Waals surface area contributed by atoms with E-state index in [1.807, 2.05) is 24.3 Å². The zero-order chi connectivity index (χ0) is 21.5. The number of unbranched alkanes of at least 4 members (excludes halogenated alkanes) is 3. The van der Waals surface area contributed by atoms with E-state index in [1.165, 1.54) is 23.8 Å². The predicted octanol–water partition coefficient (Wildman–Crippen LogP) is 7.96. The van der Waals surface area contributed by atoms with Crippen LogP contribution in [0, 0.1) is 17.5 Å². The SMILES string of the molecule is CCCCCCOc1ccc(-c2ccc(-c3ccc(CC)cc3)c(F)c2)c(F)c1F. The number of aryl methyl sites for hydroxylation is 1. The van der Waals surface area contributed by atoms with Crippen molar-refractivity contribution in [1.82, 2.24) is 0 Å². The predicted molar refractivity (Wildman–Crippen MR) is 116 cm³/mol. The summed E-state index contributed by atoms with van der Waals surface area (Å²) < 4.78 is 49.2. The summed E-state index contributed by atoms with van der Waals surface area (Å²) in [5.74, 6) is -2.66. The van der Waals surface area contributed by atoms with Crippen molar-refractivity contribution in [3.63, 3.8) is 0 Å². The Bertz CT molecular complexity index is 980. The van der Waals surface area contributed by atoms with Gasteiger partial charge in [-0.15, -0.1) is 0 Å². The van der Waals surface area contributed by atoms with E-state index in [0.717, 1.165) is 37.7 Å². The minimum absolute atomic E-state index is 0.0117. The Balaban J connectivity index is 1.80. The van der Waals surface area contributed by atoms with Gasteiger partial charge >= 0.3 is 0 Å². The van der Waals surface area contributed by atoms with Crippen LogP contribution in [0.2, 0.25) is 0 Å². The van der Waals surface area contributed by atoms with Gasteiger partial charge in [0.2, 0.25) is 5.82 Å². The lowest BCUT2D eigenvalue weighted by Crippen LogP contribution is -2.02. The largest absolute Gasteiger partial charge is 0.490 e. The van der Waals surface area contributed by atoms with Crippen LogP contribution in [-0.4, -0.2) is 6.61 Å². The maximum atomic E-state index is 14.7. The summed E-state index contributed by atoms with van der Waals surface area (Å²) in [7, 11) is 0. The van der Waals surface area contributed by atoms with Crippen molar-refractivity contribution in [2.24, 2.45) is 0 Å². The van der Waals surface area contributed by atoms with E-state index in [0.29, 0.717) is 12.2 Å². The maximum absolute atomic E-state index is 14.7. The summed E-state index contributed by atoms with van der Waals surface area (Å²) >= 11 is 0. The van der Waals surface area contributed by atoms with Crippen LogP contribution in [-0.2, 0) is 6.42 Å². The van der Waals surface area contributed by atoms with Crippen molar-refractivity contribution >= 4 is 0 Å². The smallest absolute Gasteiger partial charge is 0.201 e. The van der Waals surface area contributed by atoms with Crippen LogP contribution in [0.15, 0.2) is 54.6 Å². The average molecular weight is 412 g/mol. The number of halogens is 3. The van der Waals surface area contributed by atoms with E-state index < -0.39 is 17.5 Å². The molecule has 0 amide bonds. The molecule has 0 aliphatic carbocycles. The fraction of sp³-hybridized carbons (Fsp3) is 0.308. The second-order valence-electron chi connectivity index (χ2n) is 7.39. The number of benzene rings is 3. The molecule has 3 aromatic rings. The first-order valence-electron chi connectivity index (χ1n) is 10.5. The molecule has 3 aromatic carbocycles. The van der Waals surface area contributed by atoms with Crippen molar-refractivity contribution in [1.29, 1.82) is 0 Å². The van der Waals surface area contributed by atoms with Crippen LogP contribution in [0.1, 0.15) is 45.1 Å². The molecular formula is C26H27F3O. The molecule has 3 rings (SSSR count). The van der Waals surface area contributed by atoms with Crippen molar-refractivity contribution in [2.45, 2.75) is 46.0 Å². The molecule has 4 heteroatoms. The number of hydrogen-bond donors (Lipinski definition) is 0. The first-order valence-corrected chi connectivity index (χ1v) is 10.5. The van der Waals surface area contributed by atoms with Crippen molar-refractivity contribution < 1.29 is 17.9 Å². The van der Waals surface area contributed by atoms with Gasteiger partial charge in [-0.05, 0) is 47.7 Å². The Morgan fingerprint density at radius 2 is 1.40 bits per heavy atom. The van der Waals surface area contributed by atoms with E-state index in [2.05, 4.69) is 13.8 Å². The minimum atomic E-state index is -1.04. The molecule has 0 saturated heterocycles. The highest BCUT2D eigenvalue weighted by Crippen LogP contribution is 2.33. The molecule has 0 spiro atoms. The molecule has 0 fully saturated rings. The van der Waals surface area contributed by atoms with Gasteiger partial charge in [0.25, 0.3) is 0 Å². The van der Waals surface area contributed by atoms with E-state index >= 15 is 0 Å². The standard InChI is InChI=1S/C26H27F3O/c1-3-5-6-7-16-30-24-15-14-22(25(28)26(24)29)20-12-13-21(23(27)17-20)19-10-8-18(4-2)9-11-19/h8-15,17H,3-7,16H2,1-2H3. The number of rotatable bonds is 9. The maximum Gasteiger partial charge on any atom is 0.201 e. The van der Waals surface area contributed by atoms with E-state index in [9.17, 15) is 13.2 Å². The quantitative estimate of drug-likeness (QED) is 0.324. The van der Waals surface area contributed by atoms with Gasteiger partial charge in [0.05, 0.1) is 6.61 Å². The van der Waals surface area contributed by atoms with Gasteiger partial charge in [0, 0.05) is 11.1 Å². The normalized spacial score (nSPS) is 11.0. The first-order chi connectivity index (χ1) is 14.5. The Hall–Kier alpha value is -2.75. The molecule has 30 heavy (non-hydrogen) atoms. The second-order valence-corrected chi connectivity index (χ2v) is 7.39. The third kappa shape index (κ3) is 5.05. The van der Waals surface area contributed by atoms with E-state index in [4.69, 9.17) is 4.74 Å². The van der Waals surface area contributed by atoms with Gasteiger partial charge in [0.1, 0.15) is 5.82 Å². The molecule has 0 aromatic heterocycles. The molecule has 0 aliphatic rings. The summed E-state index contributed by atoms with van der Waals surface area (Å²) in [4.78, 5) is 0. The first kappa shape index (κ1) is 21.9. The molecule has 158 valence electrons. The summed E-state index contributed by atoms with van der Waals surface area (Å²) in [5.41, 5.74) is 2.63. The summed E-state index contributed by atoms with van der Waals surface area (Å²) in [6, 6.07) is 14.9. The molecule has 0 aliphatic heterocycles. The second kappa shape index (κ2) is 10.3. The highest BCUT2D eigenvalue weighted by atomic mass is 19.2. The van der Waals surface area contributed by atoms with Gasteiger partial charge in [-0.2, -0.15) is 4.39 Å². The average Bonchev–Trinajstić information content (AvgIpc) is 2.76. The van der Waals surface area contributed by atoms with Crippen LogP contribution in [0.5, 0.6) is 5.75 Å². The zero-order valence-corrected chi connectivity index (χ0v) is 17.5. The Labute approximate surface area is 176 Å². The lowest BCUT2D eigenvalue weighted by atomic mass is 9.98. The minimum Gasteiger partial charge on any atom is -0.490 e. The van der Waals surface area contributed by atoms with Crippen LogP contribution >= 0.6 is 0 Å². The monoisotopic (exact) mass is 412 g/mol. The molecule has 0 saturated carbocycles. The van der Waals surface area contributed by atoms with Crippen LogP contribution in [0.4, 0.5) is 13.2 Å². The highest BCUT2D eigenvalue weighted by molar-refractivity contribution is 5.72. The lowest BCUT2D eigenvalue weighted by Gasteiger charge is -2.12. The number of ether oxygens (including phenoxy) is 1. The lowest BCUT2D eigenvalue weighted by molar-refractivity contribution is 0.285. The van der Waals surface area contributed by atoms with Gasteiger partial charge in [-0.3, -0.25) is 0 Å². The van der Waals surface area contributed by atoms with Crippen molar-refractivity contribution in [3.05, 3.63) is 77.6 Å². The molecule has 1 nitrogen and oxygen atoms in total. The van der Waals surface area contributed by atoms with Crippen LogP contribution < -0.4 is 4.74 Å². The molecular weight excluding hydrogens is 385 g/mol. The van der Waals surface area contributed by atoms with Crippen molar-refractivity contribution in [3.8, 4) is 28.0 Å². The molecule has 0 bridgehead atoms. The van der Waals surface area contributed by atoms with Gasteiger partial charge in [-0.25, -0.2) is 8.78 Å². The van der Waals surface area contributed by atoms with Gasteiger partial charge in [0.15, 0.2) is 11.6 Å². The highest BCUT2D eigenvalue weighted by Gasteiger charge is 2.17. The molecule has 0 radical (unpaired) electrons. The Morgan fingerprint density at radius 3 is 2.07 bits per heavy atom. The zero-order valence-electron chi connectivity index (χ0n) is 17.5. The Kier molecular flexibility index (Phi) is 7.56.